The molecule has 6 saturated carbocycles. The second-order valence-electron chi connectivity index (χ2n) is 23.7. The van der Waals surface area contributed by atoms with E-state index in [-0.39, 0.29) is 52.1 Å². The largest absolute Gasteiger partial charge is 0.394 e. The van der Waals surface area contributed by atoms with Gasteiger partial charge in [0.05, 0.1) is 35.9 Å². The highest BCUT2D eigenvalue weighted by Gasteiger charge is 2.84. The molecule has 0 aliphatic heterocycles. The first-order valence-corrected chi connectivity index (χ1v) is 24.5. The number of aliphatic hydroxyl groups is 6. The summed E-state index contributed by atoms with van der Waals surface area (Å²) in [4.78, 5) is 29.3. The molecule has 8 nitrogen and oxygen atoms in total. The van der Waals surface area contributed by atoms with Crippen molar-refractivity contribution in [1.82, 2.24) is 0 Å². The Kier molecular flexibility index (Phi) is 8.55. The van der Waals surface area contributed by atoms with Gasteiger partial charge in [0.2, 0.25) is 0 Å². The lowest BCUT2D eigenvalue weighted by molar-refractivity contribution is -0.297. The second kappa shape index (κ2) is 13.0. The first-order chi connectivity index (χ1) is 30.1. The van der Waals surface area contributed by atoms with Crippen LogP contribution in [0.1, 0.15) is 133 Å². The summed E-state index contributed by atoms with van der Waals surface area (Å²) in [6, 6.07) is 3.78. The van der Waals surface area contributed by atoms with Crippen molar-refractivity contribution in [3.63, 3.8) is 0 Å². The lowest BCUT2D eigenvalue weighted by Gasteiger charge is -2.78. The van der Waals surface area contributed by atoms with Gasteiger partial charge in [-0.2, -0.15) is 0 Å². The van der Waals surface area contributed by atoms with Crippen LogP contribution in [0.4, 0.5) is 0 Å². The molecule has 6 bridgehead atoms. The number of hydrogen-bond acceptors (Lipinski definition) is 8. The van der Waals surface area contributed by atoms with E-state index in [1.807, 2.05) is 12.1 Å². The number of rotatable bonds is 4. The second-order valence-corrected chi connectivity index (χ2v) is 23.7. The Morgan fingerprint density at radius 1 is 0.968 bits per heavy atom. The fourth-order valence-electron chi connectivity index (χ4n) is 20.2. The van der Waals surface area contributed by atoms with Gasteiger partial charge < -0.3 is 30.6 Å². The molecule has 63 heavy (non-hydrogen) atoms. The van der Waals surface area contributed by atoms with Crippen LogP contribution < -0.4 is 10.4 Å². The van der Waals surface area contributed by atoms with Gasteiger partial charge in [-0.15, -0.1) is 5.92 Å². The lowest BCUT2D eigenvalue weighted by Crippen LogP contribution is -2.78. The van der Waals surface area contributed by atoms with Gasteiger partial charge in [0.1, 0.15) is 6.10 Å². The molecular weight excluding hydrogens is 789 g/mol. The van der Waals surface area contributed by atoms with Crippen LogP contribution in [-0.2, 0) is 4.79 Å². The summed E-state index contributed by atoms with van der Waals surface area (Å²) in [5.41, 5.74) is -3.78. The van der Waals surface area contributed by atoms with Gasteiger partial charge in [0, 0.05) is 23.3 Å². The molecule has 14 rings (SSSR count). The number of benzene rings is 1. The molecule has 0 heterocycles. The van der Waals surface area contributed by atoms with Crippen molar-refractivity contribution in [2.45, 2.75) is 141 Å². The van der Waals surface area contributed by atoms with Crippen molar-refractivity contribution < 1.29 is 40.2 Å². The van der Waals surface area contributed by atoms with Gasteiger partial charge in [0.15, 0.2) is 12.1 Å². The molecule has 6 fully saturated rings. The molecule has 334 valence electrons. The van der Waals surface area contributed by atoms with E-state index in [9.17, 15) is 35.4 Å². The zero-order valence-corrected chi connectivity index (χ0v) is 37.2. The van der Waals surface area contributed by atoms with Crippen molar-refractivity contribution in [2.75, 3.05) is 6.61 Å². The van der Waals surface area contributed by atoms with Crippen molar-refractivity contribution in [3.8, 4) is 11.8 Å². The summed E-state index contributed by atoms with van der Waals surface area (Å²) in [6.07, 6.45) is 22.4. The molecule has 8 heteroatoms. The number of aliphatic hydroxyl groups excluding tert-OH is 5. The Bertz CT molecular complexity index is 2510. The highest BCUT2D eigenvalue weighted by Crippen LogP contribution is 2.85. The number of hydrogen-bond donors (Lipinski definition) is 6. The van der Waals surface area contributed by atoms with E-state index >= 15 is 4.79 Å². The number of carbonyl (C=O) groups is 2. The van der Waals surface area contributed by atoms with E-state index in [0.29, 0.717) is 49.7 Å². The van der Waals surface area contributed by atoms with Crippen LogP contribution in [0.3, 0.4) is 0 Å². The quantitative estimate of drug-likeness (QED) is 0.134. The summed E-state index contributed by atoms with van der Waals surface area (Å²) in [7, 11) is 0. The van der Waals surface area contributed by atoms with Gasteiger partial charge in [-0.05, 0) is 181 Å². The van der Waals surface area contributed by atoms with Crippen molar-refractivity contribution in [2.24, 2.45) is 79.3 Å². The smallest absolute Gasteiger partial charge is 0.159 e. The summed E-state index contributed by atoms with van der Waals surface area (Å²) in [5, 5.41) is 75.1. The molecule has 0 amide bonds. The van der Waals surface area contributed by atoms with Crippen LogP contribution in [0.15, 0.2) is 48.1 Å². The molecule has 13 aliphatic carbocycles. The molecule has 1 aromatic carbocycles. The van der Waals surface area contributed by atoms with Gasteiger partial charge in [0.25, 0.3) is 0 Å². The minimum Gasteiger partial charge on any atom is -0.394 e. The molecule has 0 aromatic heterocycles. The predicted molar refractivity (Wildman–Crippen MR) is 237 cm³/mol. The Morgan fingerprint density at radius 2 is 1.78 bits per heavy atom. The van der Waals surface area contributed by atoms with Gasteiger partial charge in [-0.25, -0.2) is 0 Å². The first-order valence-electron chi connectivity index (χ1n) is 24.5. The topological polar surface area (TPSA) is 156 Å². The first kappa shape index (κ1) is 41.3. The minimum atomic E-state index is -1.40. The van der Waals surface area contributed by atoms with Crippen LogP contribution in [0.5, 0.6) is 0 Å². The SMILES string of the molecule is CC(O)c1cc(C=O)c2c(c1)=CC1C(C=2)CCC23CCC4C5(C(O)CO)CC=CC(CC5O)C14C2C(=O)C=C1C2CC4(C)CCC#CC(O)C25C(O)(C=CC2CCCC25C4)CC13C. The predicted octanol–water partition coefficient (Wildman–Crippen LogP) is 5.40. The molecule has 3 spiro atoms. The molecular formula is C55H66O8. The normalized spacial score (nSPS) is 52.2. The standard InChI is InChI=1S/C55H66O8/c1-31(58)33-20-34-23-39-32(22-38(34)35(21-33)27-56)11-17-50-18-13-43-53(46(62)28-57)16-7-9-37(24-45(53)61)54(39,43)47(50)42(59)25-40-41-26-48(2)14-5-4-10-44(60)55(41)51(29-48)15-6-8-36(51)12-19-52(55,63)30-49(40,50)3/h7,9,12,19-23,25,27,31-32,36-37,39,41,43-47,57-58,60-63H,5-6,8,11,13-18,24,26,28-30H2,1-3H3. The zero-order valence-electron chi connectivity index (χ0n) is 37.2. The van der Waals surface area contributed by atoms with E-state index in [4.69, 9.17) is 0 Å². The Morgan fingerprint density at radius 3 is 2.56 bits per heavy atom. The van der Waals surface area contributed by atoms with E-state index in [1.54, 1.807) is 13.0 Å². The van der Waals surface area contributed by atoms with E-state index in [2.05, 4.69) is 62.1 Å². The Hall–Kier alpha value is -3.16. The van der Waals surface area contributed by atoms with Crippen molar-refractivity contribution in [1.29, 1.82) is 0 Å². The number of aldehydes is 1. The zero-order chi connectivity index (χ0) is 43.9. The highest BCUT2D eigenvalue weighted by molar-refractivity contribution is 5.96. The summed E-state index contributed by atoms with van der Waals surface area (Å²) >= 11 is 0. The number of ketones is 1. The third-order valence-corrected chi connectivity index (χ3v) is 22.0. The lowest BCUT2D eigenvalue weighted by atomic mass is 9.25. The maximum absolute atomic E-state index is 16.5. The monoisotopic (exact) mass is 854 g/mol. The van der Waals surface area contributed by atoms with Gasteiger partial charge in [-0.1, -0.05) is 68.2 Å². The molecule has 19 unspecified atom stereocenters. The van der Waals surface area contributed by atoms with Crippen LogP contribution in [0.2, 0.25) is 0 Å². The van der Waals surface area contributed by atoms with Crippen LogP contribution in [0, 0.1) is 91.2 Å². The van der Waals surface area contributed by atoms with E-state index < -0.39 is 69.6 Å². The third-order valence-electron chi connectivity index (χ3n) is 22.0. The maximum Gasteiger partial charge on any atom is 0.159 e. The summed E-state index contributed by atoms with van der Waals surface area (Å²) in [6.45, 7) is 5.99. The number of fused-ring (bicyclic) bond motifs is 8. The highest BCUT2D eigenvalue weighted by atomic mass is 16.3. The average Bonchev–Trinajstić information content (AvgIpc) is 3.49. The summed E-state index contributed by atoms with van der Waals surface area (Å²) < 4.78 is 0. The summed E-state index contributed by atoms with van der Waals surface area (Å²) in [5.74, 6) is 5.37. The fourth-order valence-corrected chi connectivity index (χ4v) is 20.2. The van der Waals surface area contributed by atoms with Crippen LogP contribution in [0.25, 0.3) is 12.2 Å². The molecule has 1 aromatic rings. The molecule has 13 aliphatic rings. The van der Waals surface area contributed by atoms with Crippen LogP contribution in [-0.4, -0.2) is 73.2 Å². The van der Waals surface area contributed by atoms with Gasteiger partial charge in [-0.3, -0.25) is 9.59 Å². The minimum absolute atomic E-state index is 0.0863. The van der Waals surface area contributed by atoms with E-state index in [1.165, 1.54) is 0 Å². The number of allylic oxidation sites excluding steroid dienone is 5. The molecule has 19 atom stereocenters. The van der Waals surface area contributed by atoms with Gasteiger partial charge >= 0.3 is 0 Å². The van der Waals surface area contributed by atoms with E-state index in [0.717, 1.165) is 73.7 Å². The Balaban J connectivity index is 1.15. The average molecular weight is 855 g/mol. The van der Waals surface area contributed by atoms with Crippen molar-refractivity contribution in [3.05, 3.63) is 69.7 Å². The molecule has 0 saturated heterocycles. The Labute approximate surface area is 371 Å². The fraction of sp³-hybridized carbons (Fsp3) is 0.673. The molecule has 0 radical (unpaired) electrons. The van der Waals surface area contributed by atoms with Crippen LogP contribution >= 0.6 is 0 Å². The van der Waals surface area contributed by atoms with Crippen molar-refractivity contribution >= 4 is 24.2 Å². The third kappa shape index (κ3) is 4.53. The molecule has 6 N–H and O–H groups in total. The maximum atomic E-state index is 16.5. The number of carbonyl (C=O) groups excluding carboxylic acids is 2.